The summed E-state index contributed by atoms with van der Waals surface area (Å²) < 4.78 is 0.978. The zero-order valence-electron chi connectivity index (χ0n) is 11.0. The summed E-state index contributed by atoms with van der Waals surface area (Å²) in [6.45, 7) is 0.750. The van der Waals surface area contributed by atoms with Gasteiger partial charge in [0.1, 0.15) is 0 Å². The van der Waals surface area contributed by atoms with E-state index in [2.05, 4.69) is 22.6 Å². The van der Waals surface area contributed by atoms with Crippen LogP contribution in [0, 0.1) is 3.57 Å². The Hall–Kier alpha value is -1.56. The van der Waals surface area contributed by atoms with Gasteiger partial charge >= 0.3 is 0 Å². The molecular weight excluding hydrogens is 363 g/mol. The second-order valence-electron chi connectivity index (χ2n) is 4.93. The lowest BCUT2D eigenvalue weighted by atomic mass is 10.00. The topological polar surface area (TPSA) is 46.3 Å². The van der Waals surface area contributed by atoms with Gasteiger partial charge in [-0.2, -0.15) is 0 Å². The molecule has 0 saturated heterocycles. The van der Waals surface area contributed by atoms with Gasteiger partial charge in [0, 0.05) is 21.5 Å². The SMILES string of the molecule is Nc1ccc2c(c1)N(C(=O)c1ccccc1I)CCC2. The number of halogens is 1. The summed E-state index contributed by atoms with van der Waals surface area (Å²) in [6, 6.07) is 13.5. The molecule has 2 N–H and O–H groups in total. The number of carbonyl (C=O) groups excluding carboxylic acids is 1. The van der Waals surface area contributed by atoms with Crippen LogP contribution in [-0.4, -0.2) is 12.5 Å². The number of nitrogens with two attached hydrogens (primary N) is 1. The highest BCUT2D eigenvalue weighted by Crippen LogP contribution is 2.30. The lowest BCUT2D eigenvalue weighted by molar-refractivity contribution is 0.0984. The highest BCUT2D eigenvalue weighted by Gasteiger charge is 2.24. The van der Waals surface area contributed by atoms with Crippen molar-refractivity contribution in [3.8, 4) is 0 Å². The van der Waals surface area contributed by atoms with Crippen molar-refractivity contribution < 1.29 is 4.79 Å². The summed E-state index contributed by atoms with van der Waals surface area (Å²) >= 11 is 2.21. The Kier molecular flexibility index (Phi) is 3.65. The van der Waals surface area contributed by atoms with Gasteiger partial charge < -0.3 is 10.6 Å². The molecule has 3 nitrogen and oxygen atoms in total. The summed E-state index contributed by atoms with van der Waals surface area (Å²) in [7, 11) is 0. The van der Waals surface area contributed by atoms with Crippen molar-refractivity contribution in [2.75, 3.05) is 17.2 Å². The quantitative estimate of drug-likeness (QED) is 0.610. The molecule has 4 heteroatoms. The van der Waals surface area contributed by atoms with Gasteiger partial charge in [0.05, 0.1) is 5.56 Å². The first kappa shape index (κ1) is 13.4. The number of hydrogen-bond acceptors (Lipinski definition) is 2. The first-order valence-corrected chi connectivity index (χ1v) is 7.69. The van der Waals surface area contributed by atoms with Crippen LogP contribution in [0.4, 0.5) is 11.4 Å². The van der Waals surface area contributed by atoms with Gasteiger partial charge in [0.2, 0.25) is 0 Å². The van der Waals surface area contributed by atoms with E-state index in [1.54, 1.807) is 0 Å². The van der Waals surface area contributed by atoms with Crippen LogP contribution in [0.15, 0.2) is 42.5 Å². The molecule has 1 amide bonds. The molecule has 102 valence electrons. The molecule has 0 aliphatic carbocycles. The van der Waals surface area contributed by atoms with Crippen LogP contribution in [0.25, 0.3) is 0 Å². The Morgan fingerprint density at radius 1 is 1.20 bits per heavy atom. The third-order valence-corrected chi connectivity index (χ3v) is 4.52. The van der Waals surface area contributed by atoms with E-state index >= 15 is 0 Å². The van der Waals surface area contributed by atoms with Crippen LogP contribution < -0.4 is 10.6 Å². The fourth-order valence-electron chi connectivity index (χ4n) is 2.58. The molecule has 0 unspecified atom stereocenters. The van der Waals surface area contributed by atoms with Crippen LogP contribution in [0.3, 0.4) is 0 Å². The average Bonchev–Trinajstić information content (AvgIpc) is 2.46. The Bertz CT molecular complexity index is 669. The zero-order valence-corrected chi connectivity index (χ0v) is 13.1. The van der Waals surface area contributed by atoms with E-state index in [1.165, 1.54) is 5.56 Å². The van der Waals surface area contributed by atoms with E-state index in [4.69, 9.17) is 5.73 Å². The first-order chi connectivity index (χ1) is 9.66. The highest BCUT2D eigenvalue weighted by atomic mass is 127. The second kappa shape index (κ2) is 5.44. The van der Waals surface area contributed by atoms with Crippen LogP contribution in [0.5, 0.6) is 0 Å². The van der Waals surface area contributed by atoms with Gasteiger partial charge in [-0.15, -0.1) is 0 Å². The van der Waals surface area contributed by atoms with Crippen LogP contribution >= 0.6 is 22.6 Å². The van der Waals surface area contributed by atoms with Gasteiger partial charge in [0.15, 0.2) is 0 Å². The number of benzene rings is 2. The van der Waals surface area contributed by atoms with E-state index in [0.717, 1.165) is 34.2 Å². The minimum absolute atomic E-state index is 0.0570. The van der Waals surface area contributed by atoms with Crippen LogP contribution in [0.1, 0.15) is 22.3 Å². The molecule has 1 aliphatic heterocycles. The van der Waals surface area contributed by atoms with E-state index in [9.17, 15) is 4.79 Å². The molecule has 2 aromatic rings. The summed E-state index contributed by atoms with van der Waals surface area (Å²) in [5, 5.41) is 0. The number of nitrogens with zero attached hydrogens (tertiary/aromatic N) is 1. The molecular formula is C16H15IN2O. The first-order valence-electron chi connectivity index (χ1n) is 6.61. The van der Waals surface area contributed by atoms with Crippen molar-refractivity contribution in [2.45, 2.75) is 12.8 Å². The summed E-state index contributed by atoms with van der Waals surface area (Å²) in [5.41, 5.74) is 9.48. The van der Waals surface area contributed by atoms with Crippen LogP contribution in [-0.2, 0) is 6.42 Å². The Morgan fingerprint density at radius 2 is 2.00 bits per heavy atom. The number of hydrogen-bond donors (Lipinski definition) is 1. The molecule has 0 saturated carbocycles. The van der Waals surface area contributed by atoms with Crippen molar-refractivity contribution >= 4 is 39.9 Å². The molecule has 2 aromatic carbocycles. The highest BCUT2D eigenvalue weighted by molar-refractivity contribution is 14.1. The van der Waals surface area contributed by atoms with Crippen LogP contribution in [0.2, 0.25) is 0 Å². The van der Waals surface area contributed by atoms with E-state index in [1.807, 2.05) is 47.4 Å². The van der Waals surface area contributed by atoms with Gasteiger partial charge in [-0.25, -0.2) is 0 Å². The van der Waals surface area contributed by atoms with E-state index in [-0.39, 0.29) is 5.91 Å². The second-order valence-corrected chi connectivity index (χ2v) is 6.09. The maximum Gasteiger partial charge on any atom is 0.259 e. The Morgan fingerprint density at radius 3 is 2.80 bits per heavy atom. The number of rotatable bonds is 1. The van der Waals surface area contributed by atoms with Gasteiger partial charge in [-0.05, 0) is 65.3 Å². The minimum Gasteiger partial charge on any atom is -0.399 e. The average molecular weight is 378 g/mol. The van der Waals surface area contributed by atoms with Crippen molar-refractivity contribution in [3.05, 3.63) is 57.2 Å². The lowest BCUT2D eigenvalue weighted by Crippen LogP contribution is -2.36. The van der Waals surface area contributed by atoms with Gasteiger partial charge in [-0.3, -0.25) is 4.79 Å². The van der Waals surface area contributed by atoms with E-state index in [0.29, 0.717) is 5.69 Å². The minimum atomic E-state index is 0.0570. The molecule has 1 aliphatic rings. The van der Waals surface area contributed by atoms with Crippen molar-refractivity contribution in [1.82, 2.24) is 0 Å². The molecule has 20 heavy (non-hydrogen) atoms. The molecule has 0 fully saturated rings. The van der Waals surface area contributed by atoms with Crippen molar-refractivity contribution in [1.29, 1.82) is 0 Å². The summed E-state index contributed by atoms with van der Waals surface area (Å²) in [5.74, 6) is 0.0570. The molecule has 1 heterocycles. The smallest absolute Gasteiger partial charge is 0.259 e. The number of aryl methyl sites for hydroxylation is 1. The maximum absolute atomic E-state index is 12.8. The Balaban J connectivity index is 2.03. The number of anilines is 2. The third kappa shape index (κ3) is 2.40. The van der Waals surface area contributed by atoms with Gasteiger partial charge in [0.25, 0.3) is 5.91 Å². The zero-order chi connectivity index (χ0) is 14.1. The predicted octanol–water partition coefficient (Wildman–Crippen LogP) is 3.47. The Labute approximate surface area is 131 Å². The summed E-state index contributed by atoms with van der Waals surface area (Å²) in [6.07, 6.45) is 2.00. The molecule has 0 atom stereocenters. The molecule has 0 radical (unpaired) electrons. The van der Waals surface area contributed by atoms with E-state index < -0.39 is 0 Å². The molecule has 0 aromatic heterocycles. The fraction of sp³-hybridized carbons (Fsp3) is 0.188. The molecule has 0 spiro atoms. The lowest BCUT2D eigenvalue weighted by Gasteiger charge is -2.30. The number of carbonyl (C=O) groups is 1. The molecule has 0 bridgehead atoms. The summed E-state index contributed by atoms with van der Waals surface area (Å²) in [4.78, 5) is 14.6. The van der Waals surface area contributed by atoms with Gasteiger partial charge in [-0.1, -0.05) is 18.2 Å². The molecule has 3 rings (SSSR count). The standard InChI is InChI=1S/C16H15IN2O/c17-14-6-2-1-5-13(14)16(20)19-9-3-4-11-7-8-12(18)10-15(11)19/h1-2,5-8,10H,3-4,9,18H2. The number of nitrogen functional groups attached to an aromatic ring is 1. The normalized spacial score (nSPS) is 13.9. The maximum atomic E-state index is 12.8. The third-order valence-electron chi connectivity index (χ3n) is 3.58. The van der Waals surface area contributed by atoms with Crippen molar-refractivity contribution in [2.24, 2.45) is 0 Å². The number of fused-ring (bicyclic) bond motifs is 1. The largest absolute Gasteiger partial charge is 0.399 e. The van der Waals surface area contributed by atoms with Crippen molar-refractivity contribution in [3.63, 3.8) is 0 Å². The fourth-order valence-corrected chi connectivity index (χ4v) is 3.20. The monoisotopic (exact) mass is 378 g/mol. The number of amides is 1. The predicted molar refractivity (Wildman–Crippen MR) is 90.0 cm³/mol.